The number of imide groups is 1. The number of fused-ring (bicyclic) bond motifs is 1. The molecule has 0 aromatic rings. The Morgan fingerprint density at radius 1 is 1.26 bits per heavy atom. The van der Waals surface area contributed by atoms with E-state index in [1.165, 1.54) is 0 Å². The van der Waals surface area contributed by atoms with Crippen LogP contribution < -0.4 is 10.6 Å². The SMILES string of the molecule is O=C1NC2CSC(CCCC(C(=O)O)N3C(=O)CCC3=O)C2N1. The molecule has 9 heteroatoms. The van der Waals surface area contributed by atoms with E-state index in [-0.39, 0.29) is 42.6 Å². The fourth-order valence-electron chi connectivity index (χ4n) is 3.46. The van der Waals surface area contributed by atoms with Crippen molar-refractivity contribution in [3.05, 3.63) is 0 Å². The molecule has 0 aromatic heterocycles. The number of carbonyl (C=O) groups excluding carboxylic acids is 3. The van der Waals surface area contributed by atoms with E-state index < -0.39 is 23.8 Å². The second-order valence-corrected chi connectivity index (χ2v) is 7.34. The molecule has 0 spiro atoms. The van der Waals surface area contributed by atoms with E-state index in [0.717, 1.165) is 17.1 Å². The van der Waals surface area contributed by atoms with Crippen LogP contribution in [0.15, 0.2) is 0 Å². The van der Waals surface area contributed by atoms with E-state index in [1.807, 2.05) is 0 Å². The van der Waals surface area contributed by atoms with Crippen molar-refractivity contribution in [2.24, 2.45) is 0 Å². The number of hydrogen-bond acceptors (Lipinski definition) is 5. The van der Waals surface area contributed by atoms with Crippen LogP contribution in [0, 0.1) is 0 Å². The van der Waals surface area contributed by atoms with Crippen molar-refractivity contribution in [3.63, 3.8) is 0 Å². The third kappa shape index (κ3) is 3.15. The quantitative estimate of drug-likeness (QED) is 0.460. The third-order valence-electron chi connectivity index (χ3n) is 4.59. The minimum Gasteiger partial charge on any atom is -0.480 e. The molecule has 0 radical (unpaired) electrons. The van der Waals surface area contributed by atoms with Crippen LogP contribution in [-0.2, 0) is 14.4 Å². The van der Waals surface area contributed by atoms with E-state index in [2.05, 4.69) is 10.6 Å². The highest BCUT2D eigenvalue weighted by Crippen LogP contribution is 2.33. The van der Waals surface area contributed by atoms with Gasteiger partial charge in [0.15, 0.2) is 0 Å². The Hall–Kier alpha value is -1.77. The van der Waals surface area contributed by atoms with Gasteiger partial charge < -0.3 is 15.7 Å². The number of rotatable bonds is 6. The van der Waals surface area contributed by atoms with E-state index in [9.17, 15) is 24.3 Å². The molecule has 3 aliphatic heterocycles. The van der Waals surface area contributed by atoms with Crippen LogP contribution in [0.4, 0.5) is 4.79 Å². The lowest BCUT2D eigenvalue weighted by atomic mass is 10.0. The summed E-state index contributed by atoms with van der Waals surface area (Å²) in [5.74, 6) is -1.09. The predicted molar refractivity (Wildman–Crippen MR) is 81.9 cm³/mol. The van der Waals surface area contributed by atoms with Gasteiger partial charge in [-0.05, 0) is 19.3 Å². The van der Waals surface area contributed by atoms with Gasteiger partial charge in [-0.15, -0.1) is 0 Å². The summed E-state index contributed by atoms with van der Waals surface area (Å²) in [5.41, 5.74) is 0. The second kappa shape index (κ2) is 6.38. The van der Waals surface area contributed by atoms with E-state index in [4.69, 9.17) is 0 Å². The summed E-state index contributed by atoms with van der Waals surface area (Å²) in [6.45, 7) is 0. The molecule has 3 aliphatic rings. The molecule has 0 bridgehead atoms. The normalized spacial score (nSPS) is 31.0. The van der Waals surface area contributed by atoms with Gasteiger partial charge in [0, 0.05) is 23.8 Å². The lowest BCUT2D eigenvalue weighted by molar-refractivity contribution is -0.154. The number of amides is 4. The van der Waals surface area contributed by atoms with Gasteiger partial charge in [-0.3, -0.25) is 14.5 Å². The number of hydrogen-bond donors (Lipinski definition) is 3. The second-order valence-electron chi connectivity index (χ2n) is 6.06. The monoisotopic (exact) mass is 341 g/mol. The summed E-state index contributed by atoms with van der Waals surface area (Å²) in [6.07, 6.45) is 1.78. The van der Waals surface area contributed by atoms with Gasteiger partial charge in [0.2, 0.25) is 11.8 Å². The summed E-state index contributed by atoms with van der Waals surface area (Å²) in [6, 6.07) is -1.02. The smallest absolute Gasteiger partial charge is 0.326 e. The molecule has 0 saturated carbocycles. The Kier molecular flexibility index (Phi) is 4.47. The predicted octanol–water partition coefficient (Wildman–Crippen LogP) is -0.0757. The van der Waals surface area contributed by atoms with Crippen LogP contribution >= 0.6 is 11.8 Å². The molecule has 4 amide bonds. The van der Waals surface area contributed by atoms with Crippen LogP contribution in [0.5, 0.6) is 0 Å². The summed E-state index contributed by atoms with van der Waals surface area (Å²) in [5, 5.41) is 15.3. The molecule has 4 atom stereocenters. The Balaban J connectivity index is 1.54. The highest BCUT2D eigenvalue weighted by molar-refractivity contribution is 8.00. The number of nitrogens with one attached hydrogen (secondary N) is 2. The van der Waals surface area contributed by atoms with Crippen LogP contribution in [0.1, 0.15) is 32.1 Å². The number of nitrogens with zero attached hydrogens (tertiary/aromatic N) is 1. The van der Waals surface area contributed by atoms with Gasteiger partial charge in [0.1, 0.15) is 6.04 Å². The molecule has 3 heterocycles. The molecule has 4 unspecified atom stereocenters. The van der Waals surface area contributed by atoms with Crippen LogP contribution in [0.25, 0.3) is 0 Å². The van der Waals surface area contributed by atoms with Gasteiger partial charge in [0.25, 0.3) is 0 Å². The van der Waals surface area contributed by atoms with Crippen molar-refractivity contribution in [2.75, 3.05) is 5.75 Å². The van der Waals surface area contributed by atoms with Crippen molar-refractivity contribution in [2.45, 2.75) is 55.5 Å². The van der Waals surface area contributed by atoms with Gasteiger partial charge in [-0.25, -0.2) is 9.59 Å². The molecular weight excluding hydrogens is 322 g/mol. The van der Waals surface area contributed by atoms with E-state index in [1.54, 1.807) is 11.8 Å². The number of aliphatic carboxylic acids is 1. The van der Waals surface area contributed by atoms with Crippen molar-refractivity contribution in [1.29, 1.82) is 0 Å². The molecule has 0 aromatic carbocycles. The Morgan fingerprint density at radius 3 is 2.61 bits per heavy atom. The number of likely N-dealkylation sites (tertiary alicyclic amines) is 1. The van der Waals surface area contributed by atoms with Gasteiger partial charge in [-0.1, -0.05) is 0 Å². The zero-order chi connectivity index (χ0) is 16.6. The Bertz CT molecular complexity index is 539. The fraction of sp³-hybridized carbons (Fsp3) is 0.714. The molecule has 3 saturated heterocycles. The van der Waals surface area contributed by atoms with Crippen molar-refractivity contribution < 1.29 is 24.3 Å². The van der Waals surface area contributed by atoms with Crippen molar-refractivity contribution in [3.8, 4) is 0 Å². The zero-order valence-electron chi connectivity index (χ0n) is 12.5. The maximum Gasteiger partial charge on any atom is 0.326 e. The average molecular weight is 341 g/mol. The molecule has 126 valence electrons. The standard InChI is InChI=1S/C14H19N3O5S/c18-10-4-5-11(19)17(10)8(13(20)21)2-1-3-9-12-7(6-23-9)15-14(22)16-12/h7-9,12H,1-6H2,(H,20,21)(H2,15,16,22). The molecule has 8 nitrogen and oxygen atoms in total. The Labute approximate surface area is 137 Å². The average Bonchev–Trinajstić information content (AvgIpc) is 3.12. The molecule has 3 fully saturated rings. The lowest BCUT2D eigenvalue weighted by Gasteiger charge is -2.23. The number of urea groups is 1. The first-order valence-corrected chi connectivity index (χ1v) is 8.78. The first kappa shape index (κ1) is 16.1. The third-order valence-corrected chi connectivity index (χ3v) is 6.10. The summed E-state index contributed by atoms with van der Waals surface area (Å²) in [7, 11) is 0. The highest BCUT2D eigenvalue weighted by atomic mass is 32.2. The summed E-state index contributed by atoms with van der Waals surface area (Å²) < 4.78 is 0. The van der Waals surface area contributed by atoms with Crippen molar-refractivity contribution in [1.82, 2.24) is 15.5 Å². The number of carboxylic acids is 1. The zero-order valence-corrected chi connectivity index (χ0v) is 13.3. The van der Waals surface area contributed by atoms with Crippen LogP contribution in [0.3, 0.4) is 0 Å². The first-order valence-electron chi connectivity index (χ1n) is 7.73. The molecule has 3 N–H and O–H groups in total. The van der Waals surface area contributed by atoms with E-state index in [0.29, 0.717) is 6.42 Å². The van der Waals surface area contributed by atoms with Gasteiger partial charge in [0.05, 0.1) is 12.1 Å². The number of carboxylic acid groups (broad SMARTS) is 1. The Morgan fingerprint density at radius 2 is 1.96 bits per heavy atom. The molecule has 23 heavy (non-hydrogen) atoms. The minimum absolute atomic E-state index is 0.0748. The molecule has 0 aliphatic carbocycles. The summed E-state index contributed by atoms with van der Waals surface area (Å²) >= 11 is 1.76. The van der Waals surface area contributed by atoms with Crippen molar-refractivity contribution >= 4 is 35.6 Å². The minimum atomic E-state index is -1.14. The highest BCUT2D eigenvalue weighted by Gasteiger charge is 2.43. The molecular formula is C14H19N3O5S. The largest absolute Gasteiger partial charge is 0.480 e. The maximum absolute atomic E-state index is 11.7. The first-order chi connectivity index (χ1) is 11.0. The number of carbonyl (C=O) groups is 4. The summed E-state index contributed by atoms with van der Waals surface area (Å²) in [4.78, 5) is 47.1. The fourth-order valence-corrected chi connectivity index (χ4v) is 5.00. The van der Waals surface area contributed by atoms with Crippen LogP contribution in [0.2, 0.25) is 0 Å². The lowest BCUT2D eigenvalue weighted by Crippen LogP contribution is -2.44. The van der Waals surface area contributed by atoms with Gasteiger partial charge >= 0.3 is 12.0 Å². The van der Waals surface area contributed by atoms with E-state index >= 15 is 0 Å². The number of thioether (sulfide) groups is 1. The van der Waals surface area contributed by atoms with Crippen LogP contribution in [-0.4, -0.2) is 62.9 Å². The maximum atomic E-state index is 11.7. The van der Waals surface area contributed by atoms with Gasteiger partial charge in [-0.2, -0.15) is 11.8 Å². The topological polar surface area (TPSA) is 116 Å². The molecule has 3 rings (SSSR count).